The third kappa shape index (κ3) is 2.74. The fourth-order valence-electron chi connectivity index (χ4n) is 3.13. The Morgan fingerprint density at radius 3 is 2.33 bits per heavy atom. The van der Waals surface area contributed by atoms with Crippen LogP contribution in [0.5, 0.6) is 0 Å². The summed E-state index contributed by atoms with van der Waals surface area (Å²) in [5, 5.41) is 0. The molecule has 0 radical (unpaired) electrons. The maximum atomic E-state index is 5.85. The van der Waals surface area contributed by atoms with Crippen LogP contribution in [0.15, 0.2) is 30.3 Å². The number of rotatable bonds is 3. The largest absolute Gasteiger partial charge is 0.325 e. The minimum absolute atomic E-state index is 0.437. The lowest BCUT2D eigenvalue weighted by atomic mass is 9.97. The molecule has 0 aliphatic carbocycles. The number of likely N-dealkylation sites (tertiary alicyclic amines) is 2. The van der Waals surface area contributed by atoms with Crippen molar-refractivity contribution in [3.63, 3.8) is 0 Å². The maximum Gasteiger partial charge on any atom is 0.0297 e. The molecule has 0 spiro atoms. The van der Waals surface area contributed by atoms with Crippen LogP contribution >= 0.6 is 0 Å². The normalized spacial score (nSPS) is 24.1. The van der Waals surface area contributed by atoms with Crippen LogP contribution in [0.4, 0.5) is 0 Å². The summed E-state index contributed by atoms with van der Waals surface area (Å²) in [4.78, 5) is 5.13. The second-order valence-electron chi connectivity index (χ2n) is 5.71. The van der Waals surface area contributed by atoms with E-state index in [1.165, 1.54) is 31.5 Å². The monoisotopic (exact) mass is 245 g/mol. The minimum Gasteiger partial charge on any atom is -0.325 e. The molecule has 0 bridgehead atoms. The summed E-state index contributed by atoms with van der Waals surface area (Å²) in [6, 6.07) is 12.0. The van der Waals surface area contributed by atoms with Gasteiger partial charge in [0.1, 0.15) is 0 Å². The van der Waals surface area contributed by atoms with Gasteiger partial charge in [-0.3, -0.25) is 9.80 Å². The first-order chi connectivity index (χ1) is 8.81. The predicted octanol–water partition coefficient (Wildman–Crippen LogP) is 1.29. The molecule has 2 aliphatic heterocycles. The molecule has 3 rings (SSSR count). The van der Waals surface area contributed by atoms with E-state index in [9.17, 15) is 0 Å². The number of hydrogen-bond donors (Lipinski definition) is 1. The minimum atomic E-state index is 0.437. The molecule has 2 aliphatic rings. The molecule has 0 aromatic heterocycles. The van der Waals surface area contributed by atoms with Gasteiger partial charge >= 0.3 is 0 Å². The molecule has 0 saturated carbocycles. The molecule has 2 fully saturated rings. The van der Waals surface area contributed by atoms with E-state index >= 15 is 0 Å². The molecule has 0 atom stereocenters. The van der Waals surface area contributed by atoms with E-state index in [4.69, 9.17) is 5.73 Å². The van der Waals surface area contributed by atoms with Gasteiger partial charge in [0.2, 0.25) is 0 Å². The number of hydrogen-bond acceptors (Lipinski definition) is 3. The second kappa shape index (κ2) is 5.39. The summed E-state index contributed by atoms with van der Waals surface area (Å²) < 4.78 is 0. The summed E-state index contributed by atoms with van der Waals surface area (Å²) in [6.07, 6.45) is 2.61. The highest BCUT2D eigenvalue weighted by Crippen LogP contribution is 2.21. The van der Waals surface area contributed by atoms with E-state index < -0.39 is 0 Å². The first-order valence-electron chi connectivity index (χ1n) is 7.07. The van der Waals surface area contributed by atoms with Crippen molar-refractivity contribution in [2.45, 2.75) is 31.5 Å². The molecule has 98 valence electrons. The Labute approximate surface area is 110 Å². The van der Waals surface area contributed by atoms with E-state index in [0.717, 1.165) is 25.7 Å². The van der Waals surface area contributed by atoms with Gasteiger partial charge in [0.25, 0.3) is 0 Å². The zero-order valence-corrected chi connectivity index (χ0v) is 11.0. The average molecular weight is 245 g/mol. The van der Waals surface area contributed by atoms with Gasteiger partial charge in [0, 0.05) is 31.7 Å². The highest BCUT2D eigenvalue weighted by Gasteiger charge is 2.31. The molecule has 3 heteroatoms. The second-order valence-corrected chi connectivity index (χ2v) is 5.71. The summed E-state index contributed by atoms with van der Waals surface area (Å²) in [5.74, 6) is 0. The van der Waals surface area contributed by atoms with Crippen LogP contribution < -0.4 is 5.73 Å². The van der Waals surface area contributed by atoms with Crippen LogP contribution in [0.1, 0.15) is 18.4 Å². The van der Waals surface area contributed by atoms with E-state index in [1.54, 1.807) is 0 Å². The third-order valence-electron chi connectivity index (χ3n) is 4.26. The molecule has 1 aromatic rings. The smallest absolute Gasteiger partial charge is 0.0297 e. The molecule has 0 amide bonds. The van der Waals surface area contributed by atoms with Crippen LogP contribution in [-0.2, 0) is 6.54 Å². The predicted molar refractivity (Wildman–Crippen MR) is 74.3 cm³/mol. The Hall–Kier alpha value is -0.900. The van der Waals surface area contributed by atoms with Crippen molar-refractivity contribution < 1.29 is 0 Å². The average Bonchev–Trinajstić information content (AvgIpc) is 2.38. The molecule has 2 heterocycles. The van der Waals surface area contributed by atoms with Gasteiger partial charge in [-0.2, -0.15) is 0 Å². The molecular formula is C15H23N3. The number of nitrogens with two attached hydrogens (primary N) is 1. The van der Waals surface area contributed by atoms with Crippen LogP contribution in [-0.4, -0.2) is 48.1 Å². The lowest BCUT2D eigenvalue weighted by molar-refractivity contribution is 0.0469. The van der Waals surface area contributed by atoms with Gasteiger partial charge in [-0.05, 0) is 31.5 Å². The Morgan fingerprint density at radius 2 is 1.72 bits per heavy atom. The van der Waals surface area contributed by atoms with Gasteiger partial charge in [-0.25, -0.2) is 0 Å². The van der Waals surface area contributed by atoms with Crippen molar-refractivity contribution in [3.8, 4) is 0 Å². The van der Waals surface area contributed by atoms with Crippen molar-refractivity contribution in [1.82, 2.24) is 9.80 Å². The molecule has 0 unspecified atom stereocenters. The Kier molecular flexibility index (Phi) is 3.64. The fourth-order valence-corrected chi connectivity index (χ4v) is 3.13. The van der Waals surface area contributed by atoms with Crippen LogP contribution in [0.25, 0.3) is 0 Å². The first kappa shape index (κ1) is 12.2. The maximum absolute atomic E-state index is 5.85. The number of benzene rings is 1. The first-order valence-corrected chi connectivity index (χ1v) is 7.07. The third-order valence-corrected chi connectivity index (χ3v) is 4.26. The topological polar surface area (TPSA) is 32.5 Å². The lowest BCUT2D eigenvalue weighted by Crippen LogP contribution is -2.61. The molecule has 1 aromatic carbocycles. The van der Waals surface area contributed by atoms with E-state index in [1.807, 2.05) is 0 Å². The van der Waals surface area contributed by atoms with E-state index in [0.29, 0.717) is 6.04 Å². The SMILES string of the molecule is NC1CN(C2CCN(Cc3ccccc3)CC2)C1. The summed E-state index contributed by atoms with van der Waals surface area (Å²) in [7, 11) is 0. The fraction of sp³-hybridized carbons (Fsp3) is 0.600. The van der Waals surface area contributed by atoms with Crippen LogP contribution in [0.3, 0.4) is 0 Å². The summed E-state index contributed by atoms with van der Waals surface area (Å²) in [5.41, 5.74) is 7.29. The summed E-state index contributed by atoms with van der Waals surface area (Å²) in [6.45, 7) is 5.79. The van der Waals surface area contributed by atoms with Crippen LogP contribution in [0, 0.1) is 0 Å². The van der Waals surface area contributed by atoms with Gasteiger partial charge in [0.15, 0.2) is 0 Å². The van der Waals surface area contributed by atoms with Gasteiger partial charge < -0.3 is 5.73 Å². The summed E-state index contributed by atoms with van der Waals surface area (Å²) >= 11 is 0. The lowest BCUT2D eigenvalue weighted by Gasteiger charge is -2.46. The zero-order chi connectivity index (χ0) is 12.4. The highest BCUT2D eigenvalue weighted by molar-refractivity contribution is 5.14. The van der Waals surface area contributed by atoms with Crippen molar-refractivity contribution in [3.05, 3.63) is 35.9 Å². The number of piperidine rings is 1. The van der Waals surface area contributed by atoms with Crippen LogP contribution in [0.2, 0.25) is 0 Å². The van der Waals surface area contributed by atoms with E-state index in [-0.39, 0.29) is 0 Å². The van der Waals surface area contributed by atoms with Crippen molar-refractivity contribution in [2.24, 2.45) is 5.73 Å². The van der Waals surface area contributed by atoms with E-state index in [2.05, 4.69) is 40.1 Å². The Bertz CT molecular complexity index is 365. The Morgan fingerprint density at radius 1 is 1.06 bits per heavy atom. The highest BCUT2D eigenvalue weighted by atomic mass is 15.3. The zero-order valence-electron chi connectivity index (χ0n) is 11.0. The standard InChI is InChI=1S/C15H23N3/c16-14-11-18(12-14)15-6-8-17(9-7-15)10-13-4-2-1-3-5-13/h1-5,14-15H,6-12,16H2. The molecular weight excluding hydrogens is 222 g/mol. The van der Waals surface area contributed by atoms with Gasteiger partial charge in [-0.15, -0.1) is 0 Å². The van der Waals surface area contributed by atoms with Crippen molar-refractivity contribution in [2.75, 3.05) is 26.2 Å². The van der Waals surface area contributed by atoms with Gasteiger partial charge in [0.05, 0.1) is 0 Å². The molecule has 2 N–H and O–H groups in total. The van der Waals surface area contributed by atoms with Gasteiger partial charge in [-0.1, -0.05) is 30.3 Å². The molecule has 2 saturated heterocycles. The van der Waals surface area contributed by atoms with Crippen molar-refractivity contribution in [1.29, 1.82) is 0 Å². The quantitative estimate of drug-likeness (QED) is 0.871. The molecule has 18 heavy (non-hydrogen) atoms. The van der Waals surface area contributed by atoms with Crippen molar-refractivity contribution >= 4 is 0 Å². The molecule has 3 nitrogen and oxygen atoms in total. The number of nitrogens with zero attached hydrogens (tertiary/aromatic N) is 2. The Balaban J connectivity index is 1.45.